The molecule has 0 fully saturated rings. The molecule has 2 aromatic heterocycles. The van der Waals surface area contributed by atoms with Crippen LogP contribution < -0.4 is 5.32 Å². The number of carbonyl (C=O) groups is 1. The van der Waals surface area contributed by atoms with Gasteiger partial charge in [0.2, 0.25) is 0 Å². The zero-order chi connectivity index (χ0) is 13.2. The summed E-state index contributed by atoms with van der Waals surface area (Å²) in [7, 11) is 0. The van der Waals surface area contributed by atoms with Gasteiger partial charge in [-0.2, -0.15) is 0 Å². The van der Waals surface area contributed by atoms with Gasteiger partial charge in [0, 0.05) is 10.6 Å². The van der Waals surface area contributed by atoms with Crippen molar-refractivity contribution in [3.05, 3.63) is 45.3 Å². The Kier molecular flexibility index (Phi) is 3.21. The number of rotatable bonds is 4. The number of fused-ring (bicyclic) bond motifs is 1. The van der Waals surface area contributed by atoms with Crippen molar-refractivity contribution in [3.8, 4) is 0 Å². The first kappa shape index (κ1) is 12.2. The van der Waals surface area contributed by atoms with Crippen molar-refractivity contribution in [2.45, 2.75) is 25.8 Å². The van der Waals surface area contributed by atoms with Crippen LogP contribution in [0.4, 0.5) is 5.82 Å². The third-order valence-electron chi connectivity index (χ3n) is 3.29. The summed E-state index contributed by atoms with van der Waals surface area (Å²) in [5, 5.41) is 14.4. The number of hydrogen-bond acceptors (Lipinski definition) is 4. The fourth-order valence-corrected chi connectivity index (χ4v) is 3.00. The van der Waals surface area contributed by atoms with Crippen LogP contribution in [0.1, 0.15) is 32.9 Å². The Hall–Kier alpha value is -1.88. The van der Waals surface area contributed by atoms with E-state index in [2.05, 4.69) is 10.3 Å². The van der Waals surface area contributed by atoms with Crippen molar-refractivity contribution in [3.63, 3.8) is 0 Å². The molecule has 0 aromatic carbocycles. The van der Waals surface area contributed by atoms with E-state index in [9.17, 15) is 9.90 Å². The molecule has 5 heteroatoms. The van der Waals surface area contributed by atoms with E-state index in [0.29, 0.717) is 12.4 Å². The van der Waals surface area contributed by atoms with Gasteiger partial charge in [-0.15, -0.1) is 11.3 Å². The number of aromatic nitrogens is 1. The number of carboxylic acid groups (broad SMARTS) is 1. The minimum absolute atomic E-state index is 0.275. The van der Waals surface area contributed by atoms with Gasteiger partial charge in [-0.3, -0.25) is 0 Å². The molecule has 19 heavy (non-hydrogen) atoms. The number of aromatic carboxylic acids is 1. The van der Waals surface area contributed by atoms with E-state index < -0.39 is 5.97 Å². The van der Waals surface area contributed by atoms with Crippen LogP contribution in [0.15, 0.2) is 23.6 Å². The van der Waals surface area contributed by atoms with Gasteiger partial charge < -0.3 is 10.4 Å². The lowest BCUT2D eigenvalue weighted by molar-refractivity contribution is 0.0697. The maximum atomic E-state index is 11.3. The first-order chi connectivity index (χ1) is 9.24. The fraction of sp³-hybridized carbons (Fsp3) is 0.286. The van der Waals surface area contributed by atoms with Gasteiger partial charge >= 0.3 is 5.97 Å². The molecule has 0 radical (unpaired) electrons. The summed E-state index contributed by atoms with van der Waals surface area (Å²) in [6.07, 6.45) is 2.95. The van der Waals surface area contributed by atoms with Crippen LogP contribution in [-0.2, 0) is 19.4 Å². The van der Waals surface area contributed by atoms with Crippen LogP contribution in [0.25, 0.3) is 0 Å². The Morgan fingerprint density at radius 2 is 2.37 bits per heavy atom. The summed E-state index contributed by atoms with van der Waals surface area (Å²) >= 11 is 1.64. The second-order valence-corrected chi connectivity index (χ2v) is 5.61. The predicted octanol–water partition coefficient (Wildman–Crippen LogP) is 2.94. The number of pyridine rings is 1. The number of thiophene rings is 1. The standard InChI is InChI=1S/C14H14N2O2S/c17-14(18)11-7-9-3-1-5-12(9)16-13(11)15-8-10-4-2-6-19-10/h2,4,6-7H,1,3,5,8H2,(H,15,16)(H,17,18). The van der Waals surface area contributed by atoms with Crippen LogP contribution in [0.2, 0.25) is 0 Å². The molecule has 1 aliphatic carbocycles. The largest absolute Gasteiger partial charge is 0.478 e. The average molecular weight is 274 g/mol. The van der Waals surface area contributed by atoms with Crippen molar-refractivity contribution >= 4 is 23.1 Å². The first-order valence-corrected chi connectivity index (χ1v) is 7.14. The Morgan fingerprint density at radius 1 is 1.47 bits per heavy atom. The zero-order valence-corrected chi connectivity index (χ0v) is 11.2. The van der Waals surface area contributed by atoms with E-state index in [1.807, 2.05) is 17.5 Å². The molecule has 0 bridgehead atoms. The maximum absolute atomic E-state index is 11.3. The van der Waals surface area contributed by atoms with Gasteiger partial charge in [-0.25, -0.2) is 9.78 Å². The molecule has 2 heterocycles. The minimum atomic E-state index is -0.920. The van der Waals surface area contributed by atoms with Crippen molar-refractivity contribution in [2.75, 3.05) is 5.32 Å². The number of anilines is 1. The van der Waals surface area contributed by atoms with E-state index in [-0.39, 0.29) is 5.56 Å². The summed E-state index contributed by atoms with van der Waals surface area (Å²) in [6.45, 7) is 0.615. The molecule has 0 amide bonds. The van der Waals surface area contributed by atoms with Crippen molar-refractivity contribution < 1.29 is 9.90 Å². The lowest BCUT2D eigenvalue weighted by Crippen LogP contribution is -2.09. The summed E-state index contributed by atoms with van der Waals surface area (Å²) < 4.78 is 0. The Morgan fingerprint density at radius 3 is 3.11 bits per heavy atom. The van der Waals surface area contributed by atoms with Crippen molar-refractivity contribution in [1.29, 1.82) is 0 Å². The molecule has 0 aliphatic heterocycles. The number of aryl methyl sites for hydroxylation is 2. The van der Waals surface area contributed by atoms with Gasteiger partial charge in [0.25, 0.3) is 0 Å². The number of nitrogens with one attached hydrogen (secondary N) is 1. The highest BCUT2D eigenvalue weighted by Gasteiger charge is 2.19. The molecule has 98 valence electrons. The molecule has 3 rings (SSSR count). The molecular formula is C14H14N2O2S. The van der Waals surface area contributed by atoms with Gasteiger partial charge in [0.15, 0.2) is 0 Å². The molecule has 2 N–H and O–H groups in total. The molecule has 0 unspecified atom stereocenters. The minimum Gasteiger partial charge on any atom is -0.478 e. The van der Waals surface area contributed by atoms with Gasteiger partial charge in [0.1, 0.15) is 11.4 Å². The topological polar surface area (TPSA) is 62.2 Å². The molecule has 4 nitrogen and oxygen atoms in total. The number of hydrogen-bond donors (Lipinski definition) is 2. The molecule has 0 saturated heterocycles. The fourth-order valence-electron chi connectivity index (χ4n) is 2.35. The van der Waals surface area contributed by atoms with Crippen molar-refractivity contribution in [1.82, 2.24) is 4.98 Å². The molecular weight excluding hydrogens is 260 g/mol. The van der Waals surface area contributed by atoms with E-state index in [1.165, 1.54) is 4.88 Å². The van der Waals surface area contributed by atoms with Crippen LogP contribution >= 0.6 is 11.3 Å². The molecule has 1 aliphatic rings. The zero-order valence-electron chi connectivity index (χ0n) is 10.3. The van der Waals surface area contributed by atoms with E-state index in [1.54, 1.807) is 17.4 Å². The van der Waals surface area contributed by atoms with Crippen LogP contribution in [0.5, 0.6) is 0 Å². The molecule has 0 atom stereocenters. The summed E-state index contributed by atoms with van der Waals surface area (Å²) in [6, 6.07) is 5.77. The number of nitrogens with zero attached hydrogens (tertiary/aromatic N) is 1. The highest BCUT2D eigenvalue weighted by molar-refractivity contribution is 7.09. The van der Waals surface area contributed by atoms with Crippen LogP contribution in [0.3, 0.4) is 0 Å². The predicted molar refractivity (Wildman–Crippen MR) is 74.9 cm³/mol. The normalized spacial score (nSPS) is 13.3. The Bertz CT molecular complexity index is 608. The van der Waals surface area contributed by atoms with Gasteiger partial charge in [-0.1, -0.05) is 6.07 Å². The highest BCUT2D eigenvalue weighted by atomic mass is 32.1. The van der Waals surface area contributed by atoms with E-state index in [4.69, 9.17) is 0 Å². The SMILES string of the molecule is O=C(O)c1cc2c(nc1NCc1cccs1)CCC2. The summed E-state index contributed by atoms with van der Waals surface area (Å²) in [5.74, 6) is -0.433. The van der Waals surface area contributed by atoms with Crippen LogP contribution in [0, 0.1) is 0 Å². The summed E-state index contributed by atoms with van der Waals surface area (Å²) in [5.41, 5.74) is 2.40. The molecule has 0 spiro atoms. The lowest BCUT2D eigenvalue weighted by Gasteiger charge is -2.10. The third kappa shape index (κ3) is 2.46. The summed E-state index contributed by atoms with van der Waals surface area (Å²) in [4.78, 5) is 17.0. The average Bonchev–Trinajstić information content (AvgIpc) is 3.05. The van der Waals surface area contributed by atoms with Gasteiger partial charge in [0.05, 0.1) is 6.54 Å². The highest BCUT2D eigenvalue weighted by Crippen LogP contribution is 2.26. The Balaban J connectivity index is 1.88. The smallest absolute Gasteiger partial charge is 0.339 e. The lowest BCUT2D eigenvalue weighted by atomic mass is 10.1. The molecule has 2 aromatic rings. The maximum Gasteiger partial charge on any atom is 0.339 e. The van der Waals surface area contributed by atoms with E-state index >= 15 is 0 Å². The van der Waals surface area contributed by atoms with Gasteiger partial charge in [-0.05, 0) is 42.3 Å². The van der Waals surface area contributed by atoms with Crippen molar-refractivity contribution in [2.24, 2.45) is 0 Å². The van der Waals surface area contributed by atoms with E-state index in [0.717, 1.165) is 30.5 Å². The second kappa shape index (κ2) is 5.01. The first-order valence-electron chi connectivity index (χ1n) is 6.26. The quantitative estimate of drug-likeness (QED) is 0.899. The Labute approximate surface area is 115 Å². The second-order valence-electron chi connectivity index (χ2n) is 4.58. The van der Waals surface area contributed by atoms with Crippen LogP contribution in [-0.4, -0.2) is 16.1 Å². The molecule has 0 saturated carbocycles. The monoisotopic (exact) mass is 274 g/mol. The number of carboxylic acids is 1. The third-order valence-corrected chi connectivity index (χ3v) is 4.17.